The van der Waals surface area contributed by atoms with Crippen molar-refractivity contribution in [2.75, 3.05) is 86.8 Å². The summed E-state index contributed by atoms with van der Waals surface area (Å²) >= 11 is 0. The number of carbonyl (C=O) groups is 7. The Morgan fingerprint density at radius 3 is 1.18 bits per heavy atom. The second-order valence-electron chi connectivity index (χ2n) is 26.9. The fourth-order valence-electron chi connectivity index (χ4n) is 14.2. The van der Waals surface area contributed by atoms with Crippen LogP contribution in [0.15, 0.2) is 141 Å². The number of aromatic amines is 3. The van der Waals surface area contributed by atoms with Crippen LogP contribution in [-0.2, 0) is 62.4 Å². The number of ether oxygens (including phenoxy) is 4. The van der Waals surface area contributed by atoms with E-state index in [1.54, 1.807) is 63.8 Å². The van der Waals surface area contributed by atoms with E-state index in [9.17, 15) is 33.6 Å². The topological polar surface area (TPSA) is 324 Å². The van der Waals surface area contributed by atoms with Gasteiger partial charge < -0.3 is 80.5 Å². The number of hydrogen-bond donors (Lipinski definition) is 9. The van der Waals surface area contributed by atoms with Gasteiger partial charge in [-0.3, -0.25) is 19.2 Å². The van der Waals surface area contributed by atoms with Gasteiger partial charge in [-0.1, -0.05) is 86.0 Å². The second-order valence-corrected chi connectivity index (χ2v) is 26.9. The predicted molar refractivity (Wildman–Crippen MR) is 395 cm³/mol. The molecular formula is C78H105N15O11. The molecule has 9 N–H and O–H groups in total. The highest BCUT2D eigenvalue weighted by Gasteiger charge is 2.50. The van der Waals surface area contributed by atoms with Gasteiger partial charge in [-0.05, 0) is 135 Å². The van der Waals surface area contributed by atoms with E-state index in [0.29, 0.717) is 116 Å². The lowest BCUT2D eigenvalue weighted by Gasteiger charge is -2.46. The molecule has 7 aromatic rings. The van der Waals surface area contributed by atoms with Crippen LogP contribution >= 0.6 is 0 Å². The van der Waals surface area contributed by atoms with Gasteiger partial charge in [0.2, 0.25) is 17.7 Å². The molecule has 9 amide bonds. The molecule has 0 bridgehead atoms. The number of esters is 1. The molecule has 0 radical (unpaired) electrons. The van der Waals surface area contributed by atoms with Crippen molar-refractivity contribution in [2.45, 2.75) is 147 Å². The van der Waals surface area contributed by atoms with E-state index in [2.05, 4.69) is 86.1 Å². The Morgan fingerprint density at radius 1 is 0.462 bits per heavy atom. The van der Waals surface area contributed by atoms with Gasteiger partial charge in [0.15, 0.2) is 0 Å². The fraction of sp³-hybridized carbons (Fsp3) is 0.487. The smallest absolute Gasteiger partial charge is 0.315 e. The van der Waals surface area contributed by atoms with E-state index in [1.807, 2.05) is 95.6 Å². The van der Waals surface area contributed by atoms with Crippen LogP contribution in [0.1, 0.15) is 129 Å². The van der Waals surface area contributed by atoms with Crippen molar-refractivity contribution in [3.05, 3.63) is 180 Å². The molecule has 1 saturated carbocycles. The molecule has 0 spiro atoms. The van der Waals surface area contributed by atoms with Gasteiger partial charge in [-0.15, -0.1) is 0 Å². The van der Waals surface area contributed by atoms with Crippen molar-refractivity contribution < 1.29 is 52.5 Å². The van der Waals surface area contributed by atoms with E-state index in [0.717, 1.165) is 122 Å². The van der Waals surface area contributed by atoms with Crippen LogP contribution in [0.5, 0.6) is 17.2 Å². The monoisotopic (exact) mass is 1430 g/mol. The maximum absolute atomic E-state index is 13.8. The van der Waals surface area contributed by atoms with E-state index in [1.165, 1.54) is 12.0 Å². The van der Waals surface area contributed by atoms with Crippen molar-refractivity contribution in [1.29, 1.82) is 0 Å². The van der Waals surface area contributed by atoms with Crippen LogP contribution in [0.2, 0.25) is 0 Å². The van der Waals surface area contributed by atoms with Crippen LogP contribution < -0.4 is 46.1 Å². The summed E-state index contributed by atoms with van der Waals surface area (Å²) in [6.07, 6.45) is 25.0. The molecule has 104 heavy (non-hydrogen) atoms. The zero-order valence-corrected chi connectivity index (χ0v) is 60.6. The van der Waals surface area contributed by atoms with Gasteiger partial charge in [0, 0.05) is 116 Å². The molecule has 26 heteroatoms. The number of benzene rings is 4. The maximum atomic E-state index is 13.8. The lowest BCUT2D eigenvalue weighted by Crippen LogP contribution is -2.56. The maximum Gasteiger partial charge on any atom is 0.315 e. The SMILES string of the molecule is CCOC(=O)C1(C2CCCCC2)CCN(C(=O)C(Cc2ccc(OC)cc2)NC(=O)NCCc2c[nH]cn2)CC1.COc1ccc(CC(NC(=O)NCCc2c[nH]cn2)C(=O)N2CCC(c3ccccc3)CC2)cc1.COc1ccc(CC(NC(=O)NCCc2c[nH]cn2)C(=O)N2CCCCC2)cc1. The van der Waals surface area contributed by atoms with E-state index >= 15 is 0 Å². The number of amides is 9. The van der Waals surface area contributed by atoms with Crippen LogP contribution in [0.25, 0.3) is 0 Å². The number of imidazole rings is 3. The molecule has 4 aliphatic rings. The summed E-state index contributed by atoms with van der Waals surface area (Å²) < 4.78 is 21.3. The van der Waals surface area contributed by atoms with Gasteiger partial charge >= 0.3 is 24.1 Å². The molecule has 4 fully saturated rings. The standard InChI is InChI=1S/C30H43N5O5.C27H33N5O3.C21H29N5O3/c1-3-40-28(37)30(23-7-5-4-6-8-23)14-17-35(18-15-30)27(36)26(19-22-9-11-25(39-2)12-10-22)34-29(38)32-16-13-24-20-31-21-33-24;1-35-24-9-7-20(8-10-24)17-25(31-27(34)29-14-11-23-18-28-19-30-23)26(33)32-15-12-22(13-16-32)21-5-3-2-4-6-21;1-29-18-7-5-16(6-8-18)13-19(20(27)26-11-3-2-4-12-26)25-21(28)23-10-9-17-14-22-15-24-17/h9-12,20-21,23,26H,3-8,13-19H2,1-2H3,(H,31,33)(H2,32,34,38);2-10,18-19,22,25H,11-17H2,1H3,(H,28,30)(H2,29,31,34);5-8,14-15,19H,2-4,9-13H2,1H3,(H,22,24)(H2,23,25,28). The third-order valence-corrected chi connectivity index (χ3v) is 20.1. The number of rotatable bonds is 28. The summed E-state index contributed by atoms with van der Waals surface area (Å²) in [5.41, 5.74) is 6.23. The van der Waals surface area contributed by atoms with Gasteiger partial charge in [0.25, 0.3) is 0 Å². The minimum Gasteiger partial charge on any atom is -0.497 e. The van der Waals surface area contributed by atoms with E-state index < -0.39 is 29.6 Å². The number of methoxy groups -OCH3 is 3. The first-order valence-corrected chi connectivity index (χ1v) is 36.8. The number of nitrogens with zero attached hydrogens (tertiary/aromatic N) is 6. The first kappa shape index (κ1) is 77.8. The number of carbonyl (C=O) groups excluding carboxylic acids is 7. The number of piperidine rings is 3. The van der Waals surface area contributed by atoms with E-state index in [-0.39, 0.29) is 35.8 Å². The van der Waals surface area contributed by atoms with Crippen LogP contribution in [0, 0.1) is 11.3 Å². The van der Waals surface area contributed by atoms with Gasteiger partial charge in [0.05, 0.1) is 69.4 Å². The molecular weight excluding hydrogens is 1320 g/mol. The Labute approximate surface area is 610 Å². The van der Waals surface area contributed by atoms with E-state index in [4.69, 9.17) is 18.9 Å². The van der Waals surface area contributed by atoms with Gasteiger partial charge in [-0.2, -0.15) is 0 Å². The molecule has 3 atom stereocenters. The summed E-state index contributed by atoms with van der Waals surface area (Å²) in [4.78, 5) is 118. The average molecular weight is 1430 g/mol. The molecule has 3 unspecified atom stereocenters. The highest BCUT2D eigenvalue weighted by molar-refractivity contribution is 5.89. The Kier molecular flexibility index (Phi) is 30.7. The van der Waals surface area contributed by atoms with Crippen LogP contribution in [0.3, 0.4) is 0 Å². The number of H-pyrrole nitrogens is 3. The Morgan fingerprint density at radius 2 is 0.827 bits per heavy atom. The number of urea groups is 3. The lowest BCUT2D eigenvalue weighted by molar-refractivity contribution is -0.166. The number of aromatic nitrogens is 6. The molecule has 6 heterocycles. The summed E-state index contributed by atoms with van der Waals surface area (Å²) in [6, 6.07) is 30.0. The van der Waals surface area contributed by atoms with Crippen molar-refractivity contribution in [3.8, 4) is 17.2 Å². The first-order valence-electron chi connectivity index (χ1n) is 36.8. The van der Waals surface area contributed by atoms with Gasteiger partial charge in [0.1, 0.15) is 35.4 Å². The molecule has 1 aliphatic carbocycles. The normalized spacial score (nSPS) is 16.1. The molecule has 558 valence electrons. The van der Waals surface area contributed by atoms with Crippen LogP contribution in [0.4, 0.5) is 14.4 Å². The summed E-state index contributed by atoms with van der Waals surface area (Å²) in [7, 11) is 4.85. The fourth-order valence-corrected chi connectivity index (χ4v) is 14.2. The summed E-state index contributed by atoms with van der Waals surface area (Å²) in [5, 5.41) is 17.2. The zero-order chi connectivity index (χ0) is 73.3. The Bertz CT molecular complexity index is 3690. The predicted octanol–water partition coefficient (Wildman–Crippen LogP) is 8.78. The number of nitrogens with one attached hydrogen (secondary N) is 9. The second kappa shape index (κ2) is 41.0. The highest BCUT2D eigenvalue weighted by atomic mass is 16.5. The Balaban J connectivity index is 0.000000183. The number of hydrogen-bond acceptors (Lipinski definition) is 14. The van der Waals surface area contributed by atoms with Crippen molar-refractivity contribution in [3.63, 3.8) is 0 Å². The lowest BCUT2D eigenvalue weighted by atomic mass is 9.63. The third kappa shape index (κ3) is 23.8. The van der Waals surface area contributed by atoms with Crippen molar-refractivity contribution in [1.82, 2.24) is 76.5 Å². The molecule has 4 aromatic carbocycles. The largest absolute Gasteiger partial charge is 0.497 e. The molecule has 3 saturated heterocycles. The highest BCUT2D eigenvalue weighted by Crippen LogP contribution is 2.47. The minimum absolute atomic E-state index is 0.0250. The number of likely N-dealkylation sites (tertiary alicyclic amines) is 3. The van der Waals surface area contributed by atoms with Crippen molar-refractivity contribution >= 4 is 41.8 Å². The zero-order valence-electron chi connectivity index (χ0n) is 60.6. The molecule has 26 nitrogen and oxygen atoms in total. The average Bonchev–Trinajstić information content (AvgIpc) is 0.941. The molecule has 3 aromatic heterocycles. The quantitative estimate of drug-likeness (QED) is 0.0207. The van der Waals surface area contributed by atoms with Gasteiger partial charge in [-0.25, -0.2) is 29.3 Å². The third-order valence-electron chi connectivity index (χ3n) is 20.1. The first-order chi connectivity index (χ1) is 50.7. The Hall–Kier alpha value is -10.4. The minimum atomic E-state index is -0.747. The summed E-state index contributed by atoms with van der Waals surface area (Å²) in [6.45, 7) is 7.28. The van der Waals surface area contributed by atoms with Crippen LogP contribution in [-0.4, -0.2) is 191 Å². The van der Waals surface area contributed by atoms with Crippen molar-refractivity contribution in [2.24, 2.45) is 11.3 Å². The summed E-state index contributed by atoms with van der Waals surface area (Å²) in [5.74, 6) is 2.67. The molecule has 3 aliphatic heterocycles. The molecule has 11 rings (SSSR count).